The van der Waals surface area contributed by atoms with Gasteiger partial charge in [0, 0.05) is 12.2 Å². The van der Waals surface area contributed by atoms with Crippen molar-refractivity contribution < 1.29 is 18.8 Å². The van der Waals surface area contributed by atoms with Crippen molar-refractivity contribution in [1.29, 1.82) is 0 Å². The summed E-state index contributed by atoms with van der Waals surface area (Å²) in [5.41, 5.74) is 0. The molecule has 0 fully saturated rings. The van der Waals surface area contributed by atoms with Gasteiger partial charge in [-0.2, -0.15) is 0 Å². The minimum atomic E-state index is -2.25. The maximum absolute atomic E-state index is 13.2. The Morgan fingerprint density at radius 2 is 0.689 bits per heavy atom. The SMILES string of the molecule is CCCCCCCCCCCCOC(=O)/C=C\C(=O)O[Si](CCCCCCCC)(CCCCCCCC)CCCCCCCC. The first-order valence-corrected chi connectivity index (χ1v) is 22.6. The third kappa shape index (κ3) is 30.0. The van der Waals surface area contributed by atoms with E-state index in [0.717, 1.165) is 31.0 Å². The first-order chi connectivity index (χ1) is 22.0. The van der Waals surface area contributed by atoms with Crippen LogP contribution in [0.1, 0.15) is 207 Å². The molecule has 0 saturated heterocycles. The molecule has 0 aliphatic carbocycles. The Hall–Kier alpha value is -1.10. The van der Waals surface area contributed by atoms with Crippen molar-refractivity contribution >= 4 is 20.3 Å². The maximum Gasteiger partial charge on any atom is 0.331 e. The zero-order chi connectivity index (χ0) is 33.1. The van der Waals surface area contributed by atoms with E-state index < -0.39 is 14.3 Å². The fraction of sp³-hybridized carbons (Fsp3) is 0.900. The molecule has 0 saturated carbocycles. The molecule has 0 aromatic carbocycles. The fourth-order valence-electron chi connectivity index (χ4n) is 6.40. The van der Waals surface area contributed by atoms with E-state index in [0.29, 0.717) is 6.61 Å². The molecule has 4 nitrogen and oxygen atoms in total. The summed E-state index contributed by atoms with van der Waals surface area (Å²) in [4.78, 5) is 25.5. The normalized spacial score (nSPS) is 11.8. The summed E-state index contributed by atoms with van der Waals surface area (Å²) in [7, 11) is -2.25. The molecule has 5 heteroatoms. The molecule has 0 N–H and O–H groups in total. The van der Waals surface area contributed by atoms with E-state index in [1.807, 2.05) is 0 Å². The lowest BCUT2D eigenvalue weighted by Crippen LogP contribution is -2.40. The molecule has 0 bridgehead atoms. The second-order valence-electron chi connectivity index (χ2n) is 13.8. The van der Waals surface area contributed by atoms with Crippen LogP contribution in [0.2, 0.25) is 18.1 Å². The van der Waals surface area contributed by atoms with E-state index in [1.165, 1.54) is 179 Å². The molecule has 0 unspecified atom stereocenters. The minimum absolute atomic E-state index is 0.319. The molecule has 0 atom stereocenters. The number of carbonyl (C=O) groups excluding carboxylic acids is 2. The molecule has 0 amide bonds. The number of esters is 1. The van der Waals surface area contributed by atoms with Crippen LogP contribution in [0.25, 0.3) is 0 Å². The molecule has 0 aliphatic heterocycles. The number of unbranched alkanes of at least 4 members (excludes halogenated alkanes) is 24. The molecule has 0 heterocycles. The van der Waals surface area contributed by atoms with Gasteiger partial charge in [-0.05, 0) is 24.6 Å². The lowest BCUT2D eigenvalue weighted by molar-refractivity contribution is -0.138. The smallest absolute Gasteiger partial charge is 0.331 e. The van der Waals surface area contributed by atoms with Gasteiger partial charge >= 0.3 is 11.9 Å². The van der Waals surface area contributed by atoms with E-state index in [9.17, 15) is 9.59 Å². The monoisotopic (exact) mass is 651 g/mol. The van der Waals surface area contributed by atoms with Crippen molar-refractivity contribution in [3.05, 3.63) is 12.2 Å². The summed E-state index contributed by atoms with van der Waals surface area (Å²) in [6, 6.07) is 3.23. The van der Waals surface area contributed by atoms with Crippen LogP contribution in [0.3, 0.4) is 0 Å². The van der Waals surface area contributed by atoms with Crippen LogP contribution < -0.4 is 0 Å². The standard InChI is InChI=1S/C40H78O4Si/c1-5-9-13-17-21-22-23-24-25-29-35-43-39(41)33-34-40(42)44-45(36-30-26-18-14-10-6-2,37-31-27-19-15-11-7-3)38-32-28-20-16-12-8-4/h33-34H,5-32,35-38H2,1-4H3/b34-33-. The molecule has 0 rings (SSSR count). The van der Waals surface area contributed by atoms with E-state index in [4.69, 9.17) is 9.16 Å². The second-order valence-corrected chi connectivity index (χ2v) is 17.9. The summed E-state index contributed by atoms with van der Waals surface area (Å²) in [5.74, 6) is -0.738. The predicted octanol–water partition coefficient (Wildman–Crippen LogP) is 13.6. The predicted molar refractivity (Wildman–Crippen MR) is 198 cm³/mol. The molecule has 0 aromatic rings. The average Bonchev–Trinajstić information content (AvgIpc) is 3.04. The number of hydrogen-bond acceptors (Lipinski definition) is 4. The highest BCUT2D eigenvalue weighted by Gasteiger charge is 2.36. The van der Waals surface area contributed by atoms with Crippen molar-refractivity contribution in [2.45, 2.75) is 226 Å². The zero-order valence-electron chi connectivity index (χ0n) is 30.9. The topological polar surface area (TPSA) is 52.6 Å². The maximum atomic E-state index is 13.2. The molecule has 0 aromatic heterocycles. The first-order valence-electron chi connectivity index (χ1n) is 20.1. The van der Waals surface area contributed by atoms with Crippen LogP contribution in [0.15, 0.2) is 12.2 Å². The van der Waals surface area contributed by atoms with Gasteiger partial charge in [-0.25, -0.2) is 9.59 Å². The fourth-order valence-corrected chi connectivity index (χ4v) is 10.6. The van der Waals surface area contributed by atoms with E-state index in [2.05, 4.69) is 27.7 Å². The van der Waals surface area contributed by atoms with Gasteiger partial charge in [-0.3, -0.25) is 0 Å². The first kappa shape index (κ1) is 43.9. The summed E-state index contributed by atoms with van der Waals surface area (Å²) in [6.45, 7) is 9.48. The van der Waals surface area contributed by atoms with E-state index >= 15 is 0 Å². The van der Waals surface area contributed by atoms with Crippen LogP contribution in [-0.2, 0) is 18.8 Å². The minimum Gasteiger partial charge on any atom is -0.516 e. The number of ether oxygens (including phenoxy) is 1. The van der Waals surface area contributed by atoms with Gasteiger partial charge in [0.05, 0.1) is 6.61 Å². The van der Waals surface area contributed by atoms with Gasteiger partial charge in [0.1, 0.15) is 0 Å². The highest BCUT2D eigenvalue weighted by molar-refractivity contribution is 6.75. The molecule has 0 spiro atoms. The molecular weight excluding hydrogens is 573 g/mol. The van der Waals surface area contributed by atoms with Gasteiger partial charge in [-0.15, -0.1) is 0 Å². The van der Waals surface area contributed by atoms with Gasteiger partial charge in [-0.1, -0.05) is 201 Å². The summed E-state index contributed by atoms with van der Waals surface area (Å²) < 4.78 is 11.9. The lowest BCUT2D eigenvalue weighted by Gasteiger charge is -2.31. The summed E-state index contributed by atoms with van der Waals surface area (Å²) >= 11 is 0. The van der Waals surface area contributed by atoms with E-state index in [1.54, 1.807) is 0 Å². The number of carbonyl (C=O) groups is 2. The highest BCUT2D eigenvalue weighted by Crippen LogP contribution is 2.31. The Balaban J connectivity index is 4.91. The Labute approximate surface area is 282 Å². The quantitative estimate of drug-likeness (QED) is 0.0296. The van der Waals surface area contributed by atoms with Crippen LogP contribution in [0, 0.1) is 0 Å². The van der Waals surface area contributed by atoms with Crippen molar-refractivity contribution in [3.63, 3.8) is 0 Å². The third-order valence-electron chi connectivity index (χ3n) is 9.37. The van der Waals surface area contributed by atoms with Crippen LogP contribution in [0.5, 0.6) is 0 Å². The molecular formula is C40H78O4Si. The third-order valence-corrected chi connectivity index (χ3v) is 13.8. The summed E-state index contributed by atoms with van der Waals surface area (Å²) in [6.07, 6.45) is 37.9. The Bertz CT molecular complexity index is 636. The molecule has 0 aliphatic rings. The largest absolute Gasteiger partial charge is 0.516 e. The zero-order valence-corrected chi connectivity index (χ0v) is 31.9. The number of rotatable bonds is 35. The van der Waals surface area contributed by atoms with Gasteiger partial charge in [0.25, 0.3) is 8.32 Å². The average molecular weight is 651 g/mol. The molecule has 45 heavy (non-hydrogen) atoms. The lowest BCUT2D eigenvalue weighted by atomic mass is 10.1. The Morgan fingerprint density at radius 1 is 0.400 bits per heavy atom. The van der Waals surface area contributed by atoms with Crippen molar-refractivity contribution in [1.82, 2.24) is 0 Å². The summed E-state index contributed by atoms with van der Waals surface area (Å²) in [5, 5.41) is 0. The highest BCUT2D eigenvalue weighted by atomic mass is 28.4. The number of hydrogen-bond donors (Lipinski definition) is 0. The van der Waals surface area contributed by atoms with Gasteiger partial charge in [0.2, 0.25) is 0 Å². The molecule has 0 radical (unpaired) electrons. The van der Waals surface area contributed by atoms with Gasteiger partial charge in [0.15, 0.2) is 0 Å². The van der Waals surface area contributed by atoms with Crippen LogP contribution in [0.4, 0.5) is 0 Å². The second kappa shape index (κ2) is 34.2. The van der Waals surface area contributed by atoms with Crippen molar-refractivity contribution in [3.8, 4) is 0 Å². The Morgan fingerprint density at radius 3 is 1.04 bits per heavy atom. The molecule has 266 valence electrons. The van der Waals surface area contributed by atoms with Crippen LogP contribution >= 0.6 is 0 Å². The Kier molecular flexibility index (Phi) is 33.4. The van der Waals surface area contributed by atoms with Gasteiger partial charge < -0.3 is 9.16 Å². The van der Waals surface area contributed by atoms with Crippen molar-refractivity contribution in [2.75, 3.05) is 6.61 Å². The van der Waals surface area contributed by atoms with Crippen LogP contribution in [-0.4, -0.2) is 26.9 Å². The van der Waals surface area contributed by atoms with E-state index in [-0.39, 0.29) is 5.97 Å². The van der Waals surface area contributed by atoms with Crippen molar-refractivity contribution in [2.24, 2.45) is 0 Å².